The predicted molar refractivity (Wildman–Crippen MR) is 72.4 cm³/mol. The van der Waals surface area contributed by atoms with Crippen LogP contribution >= 0.6 is 0 Å². The molecule has 0 saturated heterocycles. The topological polar surface area (TPSA) is 81.4 Å². The van der Waals surface area contributed by atoms with Gasteiger partial charge in [0.2, 0.25) is 15.0 Å². The van der Waals surface area contributed by atoms with Gasteiger partial charge in [-0.1, -0.05) is 32.9 Å². The van der Waals surface area contributed by atoms with Crippen molar-refractivity contribution in [1.82, 2.24) is 4.72 Å². The third-order valence-corrected chi connectivity index (χ3v) is 5.15. The Hall–Kier alpha value is -0.690. The van der Waals surface area contributed by atoms with E-state index in [1.54, 1.807) is 12.2 Å². The van der Waals surface area contributed by atoms with E-state index in [2.05, 4.69) is 4.72 Å². The van der Waals surface area contributed by atoms with Gasteiger partial charge >= 0.3 is 0 Å². The van der Waals surface area contributed by atoms with Crippen LogP contribution in [-0.4, -0.2) is 33.6 Å². The number of nitrogens with two attached hydrogens (primary N) is 1. The molecule has 0 aliphatic heterocycles. The Bertz CT molecular complexity index is 474. The molecule has 0 saturated carbocycles. The first kappa shape index (κ1) is 15.4. The first-order valence-electron chi connectivity index (χ1n) is 5.76. The summed E-state index contributed by atoms with van der Waals surface area (Å²) in [5.41, 5.74) is 6.91. The van der Waals surface area contributed by atoms with E-state index in [-0.39, 0.29) is 5.41 Å². The Kier molecular flexibility index (Phi) is 4.07. The van der Waals surface area contributed by atoms with Gasteiger partial charge in [-0.25, -0.2) is 13.1 Å². The van der Waals surface area contributed by atoms with E-state index in [4.69, 9.17) is 10.5 Å². The van der Waals surface area contributed by atoms with Crippen LogP contribution in [0.25, 0.3) is 0 Å². The Morgan fingerprint density at radius 2 is 2.00 bits per heavy atom. The van der Waals surface area contributed by atoms with Crippen LogP contribution in [0.5, 0.6) is 0 Å². The minimum Gasteiger partial charge on any atom is -0.356 e. The fourth-order valence-electron chi connectivity index (χ4n) is 1.92. The number of nitrogens with one attached hydrogen (secondary N) is 1. The Balaban J connectivity index is 3.27. The number of hydrogen-bond acceptors (Lipinski definition) is 4. The van der Waals surface area contributed by atoms with Gasteiger partial charge in [-0.3, -0.25) is 0 Å². The minimum atomic E-state index is -3.68. The molecule has 0 aromatic carbocycles. The molecule has 1 aliphatic carbocycles. The quantitative estimate of drug-likeness (QED) is 0.795. The van der Waals surface area contributed by atoms with Crippen LogP contribution in [0.3, 0.4) is 0 Å². The lowest BCUT2D eigenvalue weighted by atomic mass is 9.82. The number of sulfonamides is 1. The van der Waals surface area contributed by atoms with Gasteiger partial charge in [-0.15, -0.1) is 0 Å². The molecule has 0 bridgehead atoms. The summed E-state index contributed by atoms with van der Waals surface area (Å²) in [6.07, 6.45) is 5.03. The van der Waals surface area contributed by atoms with Crippen molar-refractivity contribution in [2.75, 3.05) is 14.2 Å². The number of hydrogen-bond donors (Lipinski definition) is 2. The van der Waals surface area contributed by atoms with Crippen molar-refractivity contribution < 1.29 is 13.2 Å². The third-order valence-electron chi connectivity index (χ3n) is 3.19. The van der Waals surface area contributed by atoms with Gasteiger partial charge in [0, 0.05) is 7.11 Å². The van der Waals surface area contributed by atoms with Crippen molar-refractivity contribution in [2.24, 2.45) is 11.1 Å². The van der Waals surface area contributed by atoms with Gasteiger partial charge < -0.3 is 10.5 Å². The molecule has 3 N–H and O–H groups in total. The molecule has 1 rings (SSSR count). The van der Waals surface area contributed by atoms with Crippen molar-refractivity contribution in [3.63, 3.8) is 0 Å². The van der Waals surface area contributed by atoms with Gasteiger partial charge in [0.25, 0.3) is 0 Å². The van der Waals surface area contributed by atoms with E-state index < -0.39 is 21.0 Å². The van der Waals surface area contributed by atoms with E-state index in [1.807, 2.05) is 20.8 Å². The second-order valence-electron chi connectivity index (χ2n) is 5.36. The summed E-state index contributed by atoms with van der Waals surface area (Å²) in [5.74, 6) is 0. The first-order valence-corrected chi connectivity index (χ1v) is 7.24. The van der Waals surface area contributed by atoms with E-state index in [9.17, 15) is 8.42 Å². The highest BCUT2D eigenvalue weighted by Crippen LogP contribution is 2.35. The van der Waals surface area contributed by atoms with Gasteiger partial charge in [0.05, 0.1) is 6.04 Å². The molecule has 1 aliphatic rings. The molecule has 18 heavy (non-hydrogen) atoms. The molecule has 0 fully saturated rings. The van der Waals surface area contributed by atoms with Crippen molar-refractivity contribution in [1.29, 1.82) is 0 Å². The average molecular weight is 274 g/mol. The van der Waals surface area contributed by atoms with Crippen LogP contribution in [0.1, 0.15) is 20.8 Å². The molecule has 5 nitrogen and oxygen atoms in total. The molecular weight excluding hydrogens is 252 g/mol. The maximum absolute atomic E-state index is 12.1. The van der Waals surface area contributed by atoms with Crippen molar-refractivity contribution in [3.05, 3.63) is 23.8 Å². The molecule has 0 radical (unpaired) electrons. The summed E-state index contributed by atoms with van der Waals surface area (Å²) >= 11 is 0. The normalized spacial score (nSPS) is 29.2. The Labute approximate surface area is 109 Å². The molecule has 0 heterocycles. The van der Waals surface area contributed by atoms with E-state index in [0.717, 1.165) is 5.57 Å². The monoisotopic (exact) mass is 274 g/mol. The molecule has 2 unspecified atom stereocenters. The molecule has 0 aromatic heterocycles. The van der Waals surface area contributed by atoms with Crippen LogP contribution < -0.4 is 10.5 Å². The van der Waals surface area contributed by atoms with E-state index in [0.29, 0.717) is 0 Å². The SMILES string of the molecule is CNS(=O)(=O)C1(OC)C=CC(C(C)(C)C)=CC1N. The van der Waals surface area contributed by atoms with Crippen molar-refractivity contribution >= 4 is 10.0 Å². The fraction of sp³-hybridized carbons (Fsp3) is 0.667. The Morgan fingerprint density at radius 3 is 2.33 bits per heavy atom. The third kappa shape index (κ3) is 2.38. The molecule has 2 atom stereocenters. The lowest BCUT2D eigenvalue weighted by Gasteiger charge is -2.37. The number of rotatable bonds is 3. The highest BCUT2D eigenvalue weighted by atomic mass is 32.2. The molecular formula is C12H22N2O3S. The zero-order valence-electron chi connectivity index (χ0n) is 11.5. The molecule has 0 spiro atoms. The predicted octanol–water partition coefficient (Wildman–Crippen LogP) is 0.748. The summed E-state index contributed by atoms with van der Waals surface area (Å²) in [7, 11) is -0.991. The van der Waals surface area contributed by atoms with Gasteiger partial charge in [-0.2, -0.15) is 0 Å². The molecule has 0 amide bonds. The summed E-state index contributed by atoms with van der Waals surface area (Å²) in [6, 6.07) is -0.751. The van der Waals surface area contributed by atoms with Crippen molar-refractivity contribution in [3.8, 4) is 0 Å². The fourth-order valence-corrected chi connectivity index (χ4v) is 3.14. The number of ether oxygens (including phenoxy) is 1. The van der Waals surface area contributed by atoms with Gasteiger partial charge in [0.1, 0.15) is 0 Å². The van der Waals surface area contributed by atoms with E-state index >= 15 is 0 Å². The molecule has 0 aromatic rings. The van der Waals surface area contributed by atoms with Gasteiger partial charge in [0.15, 0.2) is 0 Å². The lowest BCUT2D eigenvalue weighted by Crippen LogP contribution is -2.57. The summed E-state index contributed by atoms with van der Waals surface area (Å²) in [6.45, 7) is 6.13. The lowest BCUT2D eigenvalue weighted by molar-refractivity contribution is 0.0878. The summed E-state index contributed by atoms with van der Waals surface area (Å²) in [5, 5.41) is 0. The zero-order chi connectivity index (χ0) is 14.2. The first-order chi connectivity index (χ1) is 8.10. The standard InChI is InChI=1S/C12H22N2O3S/c1-11(2,3)9-6-7-12(17-5,10(13)8-9)18(15,16)14-4/h6-8,10,14H,13H2,1-5H3. The minimum absolute atomic E-state index is 0.0859. The second-order valence-corrected chi connectivity index (χ2v) is 7.42. The highest BCUT2D eigenvalue weighted by molar-refractivity contribution is 7.91. The molecule has 6 heteroatoms. The van der Waals surface area contributed by atoms with Crippen LogP contribution in [0.2, 0.25) is 0 Å². The maximum atomic E-state index is 12.1. The summed E-state index contributed by atoms with van der Waals surface area (Å²) in [4.78, 5) is -1.55. The summed E-state index contributed by atoms with van der Waals surface area (Å²) < 4.78 is 31.6. The number of allylic oxidation sites excluding steroid dienone is 2. The molecule has 104 valence electrons. The van der Waals surface area contributed by atoms with Crippen LogP contribution in [0, 0.1) is 5.41 Å². The smallest absolute Gasteiger partial charge is 0.247 e. The van der Waals surface area contributed by atoms with Crippen molar-refractivity contribution in [2.45, 2.75) is 31.7 Å². The average Bonchev–Trinajstić information content (AvgIpc) is 2.27. The van der Waals surface area contributed by atoms with Crippen LogP contribution in [0.4, 0.5) is 0 Å². The zero-order valence-corrected chi connectivity index (χ0v) is 12.3. The maximum Gasteiger partial charge on any atom is 0.247 e. The number of methoxy groups -OCH3 is 1. The van der Waals surface area contributed by atoms with Crippen LogP contribution in [-0.2, 0) is 14.8 Å². The highest BCUT2D eigenvalue weighted by Gasteiger charge is 2.48. The second kappa shape index (κ2) is 4.77. The largest absolute Gasteiger partial charge is 0.356 e. The van der Waals surface area contributed by atoms with Gasteiger partial charge in [-0.05, 0) is 24.1 Å². The van der Waals surface area contributed by atoms with Crippen LogP contribution in [0.15, 0.2) is 23.8 Å². The van der Waals surface area contributed by atoms with E-state index in [1.165, 1.54) is 20.2 Å². The Morgan fingerprint density at radius 1 is 1.44 bits per heavy atom.